The molecule has 0 saturated heterocycles. The smallest absolute Gasteiger partial charge is 0.323 e. The molecule has 4 nitrogen and oxygen atoms in total. The summed E-state index contributed by atoms with van der Waals surface area (Å²) in [4.78, 5) is 16.1. The SMILES string of the molecule is O=c1[nH]cc(CSCCOc2ccc(Cl)cc2Cl)[nH]1. The maximum absolute atomic E-state index is 10.9. The molecule has 0 atom stereocenters. The summed E-state index contributed by atoms with van der Waals surface area (Å²) in [6.45, 7) is 0.542. The van der Waals surface area contributed by atoms with Crippen LogP contribution in [0.5, 0.6) is 5.75 Å². The Hall–Kier alpha value is -1.04. The van der Waals surface area contributed by atoms with Gasteiger partial charge in [-0.15, -0.1) is 0 Å². The number of nitrogens with one attached hydrogen (secondary N) is 2. The maximum atomic E-state index is 10.9. The number of rotatable bonds is 6. The fourth-order valence-corrected chi connectivity index (χ4v) is 2.62. The molecule has 2 rings (SSSR count). The Balaban J connectivity index is 1.70. The molecule has 1 aromatic heterocycles. The van der Waals surface area contributed by atoms with Crippen molar-refractivity contribution in [3.8, 4) is 5.75 Å². The van der Waals surface area contributed by atoms with Gasteiger partial charge in [-0.3, -0.25) is 0 Å². The second-order valence-corrected chi connectivity index (χ2v) is 5.69. The molecular formula is C12H12Cl2N2O2S. The van der Waals surface area contributed by atoms with Crippen molar-refractivity contribution in [3.05, 3.63) is 50.6 Å². The Morgan fingerprint density at radius 2 is 2.16 bits per heavy atom. The minimum absolute atomic E-state index is 0.181. The van der Waals surface area contributed by atoms with Crippen LogP contribution in [0.1, 0.15) is 5.69 Å². The summed E-state index contributed by atoms with van der Waals surface area (Å²) in [6.07, 6.45) is 1.67. The van der Waals surface area contributed by atoms with Crippen LogP contribution in [0.3, 0.4) is 0 Å². The van der Waals surface area contributed by atoms with Gasteiger partial charge in [-0.1, -0.05) is 23.2 Å². The van der Waals surface area contributed by atoms with Crippen LogP contribution >= 0.6 is 35.0 Å². The van der Waals surface area contributed by atoms with Gasteiger partial charge in [0.2, 0.25) is 0 Å². The molecule has 1 heterocycles. The van der Waals surface area contributed by atoms with Crippen molar-refractivity contribution in [1.82, 2.24) is 9.97 Å². The summed E-state index contributed by atoms with van der Waals surface area (Å²) in [5.74, 6) is 2.16. The molecule has 0 fully saturated rings. The van der Waals surface area contributed by atoms with Gasteiger partial charge in [0.05, 0.1) is 11.6 Å². The summed E-state index contributed by atoms with van der Waals surface area (Å²) in [6, 6.07) is 5.13. The molecule has 0 aliphatic heterocycles. The van der Waals surface area contributed by atoms with E-state index in [-0.39, 0.29) is 5.69 Å². The van der Waals surface area contributed by atoms with Crippen molar-refractivity contribution in [1.29, 1.82) is 0 Å². The topological polar surface area (TPSA) is 57.9 Å². The standard InChI is InChI=1S/C12H12Cl2N2O2S/c13-8-1-2-11(10(14)5-8)18-3-4-19-7-9-6-15-12(17)16-9/h1-2,5-6H,3-4,7H2,(H2,15,16,17). The van der Waals surface area contributed by atoms with Gasteiger partial charge in [-0.25, -0.2) is 4.79 Å². The summed E-state index contributed by atoms with van der Waals surface area (Å²) >= 11 is 13.4. The molecule has 2 aromatic rings. The Morgan fingerprint density at radius 1 is 1.32 bits per heavy atom. The summed E-state index contributed by atoms with van der Waals surface area (Å²) in [7, 11) is 0. The molecule has 0 amide bonds. The van der Waals surface area contributed by atoms with Crippen molar-refractivity contribution in [2.75, 3.05) is 12.4 Å². The van der Waals surface area contributed by atoms with Crippen LogP contribution in [0, 0.1) is 0 Å². The highest BCUT2D eigenvalue weighted by Crippen LogP contribution is 2.27. The first-order valence-corrected chi connectivity index (χ1v) is 7.48. The quantitative estimate of drug-likeness (QED) is 0.803. The average molecular weight is 319 g/mol. The minimum Gasteiger partial charge on any atom is -0.491 e. The monoisotopic (exact) mass is 318 g/mol. The molecule has 0 radical (unpaired) electrons. The third kappa shape index (κ3) is 4.53. The van der Waals surface area contributed by atoms with E-state index < -0.39 is 0 Å². The molecule has 19 heavy (non-hydrogen) atoms. The van der Waals surface area contributed by atoms with Crippen molar-refractivity contribution < 1.29 is 4.74 Å². The van der Waals surface area contributed by atoms with Gasteiger partial charge >= 0.3 is 5.69 Å². The first kappa shape index (κ1) is 14.4. The third-order valence-corrected chi connectivity index (χ3v) is 3.79. The zero-order chi connectivity index (χ0) is 13.7. The van der Waals surface area contributed by atoms with Gasteiger partial charge in [-0.05, 0) is 18.2 Å². The van der Waals surface area contributed by atoms with Crippen molar-refractivity contribution in [2.45, 2.75) is 5.75 Å². The van der Waals surface area contributed by atoms with E-state index in [0.717, 1.165) is 17.2 Å². The lowest BCUT2D eigenvalue weighted by Crippen LogP contribution is -2.02. The second-order valence-electron chi connectivity index (χ2n) is 3.74. The predicted molar refractivity (Wildman–Crippen MR) is 79.5 cm³/mol. The van der Waals surface area contributed by atoms with E-state index in [9.17, 15) is 4.79 Å². The average Bonchev–Trinajstić information content (AvgIpc) is 2.77. The van der Waals surface area contributed by atoms with E-state index in [4.69, 9.17) is 27.9 Å². The number of aromatic nitrogens is 2. The predicted octanol–water partition coefficient (Wildman–Crippen LogP) is 3.32. The van der Waals surface area contributed by atoms with Crippen LogP contribution in [0.25, 0.3) is 0 Å². The first-order valence-electron chi connectivity index (χ1n) is 5.57. The largest absolute Gasteiger partial charge is 0.491 e. The number of H-pyrrole nitrogens is 2. The van der Waals surface area contributed by atoms with Gasteiger partial charge in [0.25, 0.3) is 0 Å². The van der Waals surface area contributed by atoms with Crippen molar-refractivity contribution in [2.24, 2.45) is 0 Å². The molecule has 0 spiro atoms. The highest BCUT2D eigenvalue weighted by atomic mass is 35.5. The van der Waals surface area contributed by atoms with E-state index in [0.29, 0.717) is 22.4 Å². The first-order chi connectivity index (χ1) is 9.15. The molecule has 1 aromatic carbocycles. The van der Waals surface area contributed by atoms with Crippen LogP contribution in [0.2, 0.25) is 10.0 Å². The highest BCUT2D eigenvalue weighted by molar-refractivity contribution is 7.98. The molecule has 102 valence electrons. The second kappa shape index (κ2) is 6.93. The normalized spacial score (nSPS) is 10.6. The Bertz CT molecular complexity index is 597. The van der Waals surface area contributed by atoms with E-state index in [1.807, 2.05) is 0 Å². The molecule has 0 aliphatic rings. The van der Waals surface area contributed by atoms with Gasteiger partial charge in [0.1, 0.15) is 5.75 Å². The lowest BCUT2D eigenvalue weighted by atomic mass is 10.3. The molecule has 0 saturated carbocycles. The third-order valence-electron chi connectivity index (χ3n) is 2.29. The van der Waals surface area contributed by atoms with Crippen LogP contribution in [0.4, 0.5) is 0 Å². The number of benzene rings is 1. The van der Waals surface area contributed by atoms with Crippen LogP contribution in [-0.4, -0.2) is 22.3 Å². The number of halogens is 2. The highest BCUT2D eigenvalue weighted by Gasteiger charge is 2.02. The zero-order valence-electron chi connectivity index (χ0n) is 9.91. The maximum Gasteiger partial charge on any atom is 0.323 e. The molecule has 2 N–H and O–H groups in total. The number of ether oxygens (including phenoxy) is 1. The molecular weight excluding hydrogens is 307 g/mol. The minimum atomic E-state index is -0.181. The molecule has 7 heteroatoms. The van der Waals surface area contributed by atoms with Gasteiger partial charge in [-0.2, -0.15) is 11.8 Å². The van der Waals surface area contributed by atoms with Crippen molar-refractivity contribution >= 4 is 35.0 Å². The van der Waals surface area contributed by atoms with E-state index in [1.165, 1.54) is 0 Å². The number of thioether (sulfide) groups is 1. The Labute approximate surface area is 124 Å². The van der Waals surface area contributed by atoms with Gasteiger partial charge in [0, 0.05) is 28.4 Å². The summed E-state index contributed by atoms with van der Waals surface area (Å²) in [5.41, 5.74) is 0.694. The van der Waals surface area contributed by atoms with E-state index in [2.05, 4.69) is 9.97 Å². The molecule has 0 bridgehead atoms. The van der Waals surface area contributed by atoms with E-state index >= 15 is 0 Å². The van der Waals surface area contributed by atoms with Gasteiger partial charge < -0.3 is 14.7 Å². The molecule has 0 unspecified atom stereocenters. The number of imidazole rings is 1. The zero-order valence-corrected chi connectivity index (χ0v) is 12.2. The fraction of sp³-hybridized carbons (Fsp3) is 0.250. The van der Waals surface area contributed by atoms with Gasteiger partial charge in [0.15, 0.2) is 0 Å². The molecule has 0 aliphatic carbocycles. The van der Waals surface area contributed by atoms with Crippen molar-refractivity contribution in [3.63, 3.8) is 0 Å². The number of hydrogen-bond acceptors (Lipinski definition) is 3. The fourth-order valence-electron chi connectivity index (χ4n) is 1.43. The van der Waals surface area contributed by atoms with Crippen LogP contribution < -0.4 is 10.4 Å². The summed E-state index contributed by atoms with van der Waals surface area (Å²) in [5, 5.41) is 1.09. The van der Waals surface area contributed by atoms with Crippen LogP contribution in [-0.2, 0) is 5.75 Å². The summed E-state index contributed by atoms with van der Waals surface area (Å²) < 4.78 is 5.54. The lowest BCUT2D eigenvalue weighted by molar-refractivity contribution is 0.344. The lowest BCUT2D eigenvalue weighted by Gasteiger charge is -2.07. The number of hydrogen-bond donors (Lipinski definition) is 2. The number of aromatic amines is 2. The van der Waals surface area contributed by atoms with E-state index in [1.54, 1.807) is 36.2 Å². The van der Waals surface area contributed by atoms with Crippen LogP contribution in [0.15, 0.2) is 29.2 Å². The Kier molecular flexibility index (Phi) is 5.24. The Morgan fingerprint density at radius 3 is 2.84 bits per heavy atom.